The van der Waals surface area contributed by atoms with E-state index in [1.54, 1.807) is 16.7 Å². The molecule has 158 valence electrons. The van der Waals surface area contributed by atoms with Crippen molar-refractivity contribution in [2.45, 2.75) is 19.3 Å². The van der Waals surface area contributed by atoms with E-state index in [0.29, 0.717) is 35.9 Å². The van der Waals surface area contributed by atoms with Crippen molar-refractivity contribution in [2.24, 2.45) is 0 Å². The lowest BCUT2D eigenvalue weighted by Crippen LogP contribution is -2.26. The molecule has 1 amide bonds. The summed E-state index contributed by atoms with van der Waals surface area (Å²) in [5.41, 5.74) is 1.18. The summed E-state index contributed by atoms with van der Waals surface area (Å²) < 4.78 is 16.3. The highest BCUT2D eigenvalue weighted by molar-refractivity contribution is 6.30. The van der Waals surface area contributed by atoms with Crippen LogP contribution in [0.15, 0.2) is 65.7 Å². The first-order valence-electron chi connectivity index (χ1n) is 9.73. The van der Waals surface area contributed by atoms with Gasteiger partial charge in [-0.3, -0.25) is 18.6 Å². The normalized spacial score (nSPS) is 11.0. The Morgan fingerprint density at radius 1 is 1.06 bits per heavy atom. The molecule has 2 heterocycles. The van der Waals surface area contributed by atoms with Crippen molar-refractivity contribution in [3.05, 3.63) is 93.5 Å². The minimum atomic E-state index is -0.437. The first kappa shape index (κ1) is 20.7. The molecule has 9 heteroatoms. The summed E-state index contributed by atoms with van der Waals surface area (Å²) in [6, 6.07) is 13.2. The van der Waals surface area contributed by atoms with Gasteiger partial charge in [-0.1, -0.05) is 29.8 Å². The van der Waals surface area contributed by atoms with Crippen molar-refractivity contribution in [1.29, 1.82) is 0 Å². The van der Waals surface area contributed by atoms with Crippen LogP contribution in [0.1, 0.15) is 17.8 Å². The molecule has 0 fully saturated rings. The Morgan fingerprint density at radius 2 is 1.87 bits per heavy atom. The fraction of sp³-hybridized carbons (Fsp3) is 0.182. The number of nitrogens with one attached hydrogen (secondary N) is 1. The van der Waals surface area contributed by atoms with Crippen LogP contribution >= 0.6 is 11.6 Å². The number of nitrogens with zero attached hydrogens (tertiary/aromatic N) is 4. The van der Waals surface area contributed by atoms with Gasteiger partial charge in [-0.2, -0.15) is 0 Å². The molecule has 0 aliphatic carbocycles. The molecule has 0 unspecified atom stereocenters. The van der Waals surface area contributed by atoms with Crippen molar-refractivity contribution >= 4 is 23.2 Å². The van der Waals surface area contributed by atoms with E-state index in [1.165, 1.54) is 29.0 Å². The summed E-state index contributed by atoms with van der Waals surface area (Å²) in [6.07, 6.45) is 4.42. The van der Waals surface area contributed by atoms with E-state index in [0.717, 1.165) is 5.56 Å². The summed E-state index contributed by atoms with van der Waals surface area (Å²) in [7, 11) is 0. The SMILES string of the molecule is O=C(CCc1nnc2c(=O)n(-c3cccc(F)c3)ccn12)NCCc1ccc(Cl)cc1. The highest BCUT2D eigenvalue weighted by Gasteiger charge is 2.13. The number of benzene rings is 2. The fourth-order valence-electron chi connectivity index (χ4n) is 3.25. The predicted octanol–water partition coefficient (Wildman–Crippen LogP) is 2.96. The molecule has 1 N–H and O–H groups in total. The Morgan fingerprint density at radius 3 is 2.65 bits per heavy atom. The zero-order valence-corrected chi connectivity index (χ0v) is 17.2. The maximum atomic E-state index is 13.5. The van der Waals surface area contributed by atoms with Crippen molar-refractivity contribution in [3.63, 3.8) is 0 Å². The third-order valence-corrected chi connectivity index (χ3v) is 5.10. The zero-order chi connectivity index (χ0) is 21.8. The van der Waals surface area contributed by atoms with Gasteiger partial charge in [-0.15, -0.1) is 10.2 Å². The van der Waals surface area contributed by atoms with E-state index >= 15 is 0 Å². The number of hydrogen-bond acceptors (Lipinski definition) is 4. The van der Waals surface area contributed by atoms with Crippen molar-refractivity contribution < 1.29 is 9.18 Å². The standard InChI is InChI=1S/C22H19ClFN5O2/c23-16-6-4-15(5-7-16)10-11-25-20(30)9-8-19-26-27-21-22(31)28(12-13-29(19)21)18-3-1-2-17(24)14-18/h1-7,12-14H,8-11H2,(H,25,30). The molecule has 4 rings (SSSR count). The minimum Gasteiger partial charge on any atom is -0.356 e. The van der Waals surface area contributed by atoms with E-state index in [-0.39, 0.29) is 18.0 Å². The summed E-state index contributed by atoms with van der Waals surface area (Å²) in [5.74, 6) is -0.0429. The molecule has 0 aliphatic heterocycles. The summed E-state index contributed by atoms with van der Waals surface area (Å²) in [5, 5.41) is 11.6. The first-order chi connectivity index (χ1) is 15.0. The number of carbonyl (C=O) groups is 1. The largest absolute Gasteiger partial charge is 0.356 e. The maximum absolute atomic E-state index is 13.5. The van der Waals surface area contributed by atoms with E-state index < -0.39 is 11.4 Å². The molecule has 0 bridgehead atoms. The lowest BCUT2D eigenvalue weighted by Gasteiger charge is -2.07. The van der Waals surface area contributed by atoms with Gasteiger partial charge in [-0.25, -0.2) is 4.39 Å². The van der Waals surface area contributed by atoms with Gasteiger partial charge < -0.3 is 5.32 Å². The van der Waals surface area contributed by atoms with Crippen LogP contribution in [0.4, 0.5) is 4.39 Å². The first-order valence-corrected chi connectivity index (χ1v) is 10.1. The Hall–Kier alpha value is -3.52. The molecular weight excluding hydrogens is 421 g/mol. The monoisotopic (exact) mass is 439 g/mol. The minimum absolute atomic E-state index is 0.112. The van der Waals surface area contributed by atoms with Crippen molar-refractivity contribution in [3.8, 4) is 5.69 Å². The highest BCUT2D eigenvalue weighted by Crippen LogP contribution is 2.10. The van der Waals surface area contributed by atoms with Crippen LogP contribution in [0.25, 0.3) is 11.3 Å². The van der Waals surface area contributed by atoms with Gasteiger partial charge in [0.25, 0.3) is 0 Å². The van der Waals surface area contributed by atoms with Gasteiger partial charge in [-0.05, 0) is 42.3 Å². The van der Waals surface area contributed by atoms with Crippen molar-refractivity contribution in [1.82, 2.24) is 24.5 Å². The highest BCUT2D eigenvalue weighted by atomic mass is 35.5. The molecule has 0 radical (unpaired) electrons. The third kappa shape index (κ3) is 4.80. The number of fused-ring (bicyclic) bond motifs is 1. The lowest BCUT2D eigenvalue weighted by molar-refractivity contribution is -0.121. The number of carbonyl (C=O) groups excluding carboxylic acids is 1. The Bertz CT molecular complexity index is 1280. The van der Waals surface area contributed by atoms with Gasteiger partial charge >= 0.3 is 5.56 Å². The molecule has 7 nitrogen and oxygen atoms in total. The van der Waals surface area contributed by atoms with Crippen LogP contribution < -0.4 is 10.9 Å². The van der Waals surface area contributed by atoms with Crippen LogP contribution in [0.2, 0.25) is 5.02 Å². The molecule has 0 saturated carbocycles. The number of aromatic nitrogens is 4. The summed E-state index contributed by atoms with van der Waals surface area (Å²) in [4.78, 5) is 24.9. The average molecular weight is 440 g/mol. The Labute approximate surface area is 182 Å². The van der Waals surface area contributed by atoms with Crippen molar-refractivity contribution in [2.75, 3.05) is 6.54 Å². The van der Waals surface area contributed by atoms with Gasteiger partial charge in [0.2, 0.25) is 11.6 Å². The molecule has 0 aliphatic rings. The van der Waals surface area contributed by atoms with Crippen LogP contribution in [0.5, 0.6) is 0 Å². The van der Waals surface area contributed by atoms with Gasteiger partial charge in [0.1, 0.15) is 11.6 Å². The lowest BCUT2D eigenvalue weighted by atomic mass is 10.1. The van der Waals surface area contributed by atoms with Crippen LogP contribution in [-0.2, 0) is 17.6 Å². The van der Waals surface area contributed by atoms with E-state index in [4.69, 9.17) is 11.6 Å². The molecule has 0 saturated heterocycles. The maximum Gasteiger partial charge on any atom is 0.300 e. The Kier molecular flexibility index (Phi) is 6.08. The molecule has 2 aromatic heterocycles. The average Bonchev–Trinajstić information content (AvgIpc) is 3.18. The van der Waals surface area contributed by atoms with Gasteiger partial charge in [0.15, 0.2) is 0 Å². The second-order valence-electron chi connectivity index (χ2n) is 6.99. The molecule has 0 atom stereocenters. The van der Waals surface area contributed by atoms with Crippen LogP contribution in [0, 0.1) is 5.82 Å². The second-order valence-corrected chi connectivity index (χ2v) is 7.43. The smallest absolute Gasteiger partial charge is 0.300 e. The van der Waals surface area contributed by atoms with E-state index in [1.807, 2.05) is 24.3 Å². The zero-order valence-electron chi connectivity index (χ0n) is 16.5. The fourth-order valence-corrected chi connectivity index (χ4v) is 3.37. The molecule has 0 spiro atoms. The molecular formula is C22H19ClFN5O2. The number of amides is 1. The number of hydrogen-bond donors (Lipinski definition) is 1. The van der Waals surface area contributed by atoms with Crippen LogP contribution in [-0.4, -0.2) is 31.6 Å². The Balaban J connectivity index is 1.38. The van der Waals surface area contributed by atoms with Gasteiger partial charge in [0.05, 0.1) is 5.69 Å². The molecule has 2 aromatic carbocycles. The van der Waals surface area contributed by atoms with E-state index in [2.05, 4.69) is 15.5 Å². The molecule has 31 heavy (non-hydrogen) atoms. The summed E-state index contributed by atoms with van der Waals surface area (Å²) >= 11 is 5.86. The predicted molar refractivity (Wildman–Crippen MR) is 115 cm³/mol. The molecule has 4 aromatic rings. The second kappa shape index (κ2) is 9.09. The summed E-state index contributed by atoms with van der Waals surface area (Å²) in [6.45, 7) is 0.513. The number of halogens is 2. The van der Waals surface area contributed by atoms with Crippen LogP contribution in [0.3, 0.4) is 0 Å². The number of aryl methyl sites for hydroxylation is 1. The topological polar surface area (TPSA) is 81.3 Å². The number of rotatable bonds is 7. The quantitative estimate of drug-likeness (QED) is 0.480. The van der Waals surface area contributed by atoms with E-state index in [9.17, 15) is 14.0 Å². The van der Waals surface area contributed by atoms with Gasteiger partial charge in [0, 0.05) is 36.8 Å². The third-order valence-electron chi connectivity index (χ3n) is 4.85.